The van der Waals surface area contributed by atoms with E-state index in [0.717, 1.165) is 6.42 Å². The molecule has 0 N–H and O–H groups in total. The van der Waals surface area contributed by atoms with Crippen LogP contribution in [0.15, 0.2) is 23.6 Å². The highest BCUT2D eigenvalue weighted by atomic mass is 28.4. The molecule has 0 spiro atoms. The maximum absolute atomic E-state index is 3.78. The third kappa shape index (κ3) is 4.62. The maximum atomic E-state index is 3.78. The molecule has 2 heteroatoms. The Balaban J connectivity index is 4.88. The Hall–Kier alpha value is -0.0862. The zero-order valence-electron chi connectivity index (χ0n) is 10.1. The Morgan fingerprint density at radius 1 is 1.00 bits per heavy atom. The largest absolute Gasteiger partial charge is 0.103 e. The van der Waals surface area contributed by atoms with Gasteiger partial charge in [0.2, 0.25) is 0 Å². The van der Waals surface area contributed by atoms with Crippen LogP contribution >= 0.6 is 0 Å². The molecule has 0 bridgehead atoms. The predicted molar refractivity (Wildman–Crippen MR) is 69.6 cm³/mol. The van der Waals surface area contributed by atoms with Gasteiger partial charge in [-0.25, -0.2) is 0 Å². The van der Waals surface area contributed by atoms with Gasteiger partial charge in [-0.3, -0.25) is 0 Å². The summed E-state index contributed by atoms with van der Waals surface area (Å²) in [5.41, 5.74) is 0. The van der Waals surface area contributed by atoms with Crippen LogP contribution in [-0.4, -0.2) is 16.1 Å². The van der Waals surface area contributed by atoms with Gasteiger partial charge < -0.3 is 0 Å². The fourth-order valence-electron chi connectivity index (χ4n) is 1.94. The van der Waals surface area contributed by atoms with Gasteiger partial charge in [0.25, 0.3) is 0 Å². The van der Waals surface area contributed by atoms with E-state index in [9.17, 15) is 0 Å². The smallest absolute Gasteiger partial charge is 0.0678 e. The monoisotopic (exact) mass is 212 g/mol. The van der Waals surface area contributed by atoms with Crippen LogP contribution < -0.4 is 0 Å². The van der Waals surface area contributed by atoms with E-state index in [4.69, 9.17) is 0 Å². The molecule has 0 aliphatic heterocycles. The van der Waals surface area contributed by atoms with Crippen LogP contribution in [0, 0.1) is 0 Å². The molecule has 13 heavy (non-hydrogen) atoms. The maximum Gasteiger partial charge on any atom is 0.0678 e. The van der Waals surface area contributed by atoms with Crippen LogP contribution in [0.1, 0.15) is 6.42 Å². The summed E-state index contributed by atoms with van der Waals surface area (Å²) in [6.07, 6.45) is 5.48. The fourth-order valence-corrected chi connectivity index (χ4v) is 12.4. The van der Waals surface area contributed by atoms with E-state index < -0.39 is 16.1 Å². The Kier molecular flexibility index (Phi) is 4.39. The normalized spacial score (nSPS) is 12.5. The summed E-state index contributed by atoms with van der Waals surface area (Å²) < 4.78 is 0. The second kappa shape index (κ2) is 4.42. The highest BCUT2D eigenvalue weighted by Gasteiger charge is 2.29. The lowest BCUT2D eigenvalue weighted by Crippen LogP contribution is -2.39. The molecule has 0 saturated heterocycles. The van der Waals surface area contributed by atoms with E-state index in [2.05, 4.69) is 51.9 Å². The molecule has 0 aromatic rings. The van der Waals surface area contributed by atoms with Gasteiger partial charge in [-0.2, -0.15) is 0 Å². The molecular formula is C11H24Si2. The Labute approximate surface area is 85.8 Å². The molecule has 0 aliphatic rings. The molecule has 0 fully saturated rings. The minimum atomic E-state index is -1.08. The SMILES string of the molecule is C=CCC=C([Si](C)(C)C)[Si](C)(C)C. The Morgan fingerprint density at radius 3 is 1.62 bits per heavy atom. The molecule has 0 rings (SSSR count). The van der Waals surface area contributed by atoms with Gasteiger partial charge >= 0.3 is 0 Å². The van der Waals surface area contributed by atoms with Crippen molar-refractivity contribution in [3.63, 3.8) is 0 Å². The first-order chi connectivity index (χ1) is 5.69. The molecule has 76 valence electrons. The summed E-state index contributed by atoms with van der Waals surface area (Å²) in [5, 5.41) is 0. The van der Waals surface area contributed by atoms with E-state index in [1.807, 2.05) is 6.08 Å². The van der Waals surface area contributed by atoms with Crippen molar-refractivity contribution in [1.82, 2.24) is 0 Å². The van der Waals surface area contributed by atoms with Gasteiger partial charge in [0, 0.05) is 0 Å². The van der Waals surface area contributed by atoms with Crippen molar-refractivity contribution in [3.8, 4) is 0 Å². The average molecular weight is 212 g/mol. The fraction of sp³-hybridized carbons (Fsp3) is 0.636. The molecule has 0 radical (unpaired) electrons. The number of rotatable bonds is 4. The van der Waals surface area contributed by atoms with E-state index >= 15 is 0 Å². The highest BCUT2D eigenvalue weighted by molar-refractivity contribution is 7.04. The molecule has 0 amide bonds. The Morgan fingerprint density at radius 2 is 1.38 bits per heavy atom. The number of hydrogen-bond donors (Lipinski definition) is 0. The lowest BCUT2D eigenvalue weighted by molar-refractivity contribution is 1.39. The molecule has 0 nitrogen and oxygen atoms in total. The van der Waals surface area contributed by atoms with Gasteiger partial charge in [-0.05, 0) is 6.42 Å². The summed E-state index contributed by atoms with van der Waals surface area (Å²) >= 11 is 0. The summed E-state index contributed by atoms with van der Waals surface area (Å²) in [6, 6.07) is 0. The predicted octanol–water partition coefficient (Wildman–Crippen LogP) is 4.24. The number of hydrogen-bond acceptors (Lipinski definition) is 0. The van der Waals surface area contributed by atoms with Crippen molar-refractivity contribution in [3.05, 3.63) is 23.6 Å². The van der Waals surface area contributed by atoms with Crippen LogP contribution in [0.4, 0.5) is 0 Å². The van der Waals surface area contributed by atoms with Crippen molar-refractivity contribution in [1.29, 1.82) is 0 Å². The minimum absolute atomic E-state index is 1.05. The van der Waals surface area contributed by atoms with Crippen LogP contribution in [0.2, 0.25) is 39.3 Å². The van der Waals surface area contributed by atoms with Gasteiger partial charge in [-0.15, -0.1) is 6.58 Å². The summed E-state index contributed by atoms with van der Waals surface area (Å²) in [7, 11) is -2.17. The first-order valence-electron chi connectivity index (χ1n) is 5.01. The second-order valence-electron chi connectivity index (χ2n) is 5.64. The minimum Gasteiger partial charge on any atom is -0.103 e. The standard InChI is InChI=1S/C11H24Si2/c1-8-9-10-11(12(2,3)4)13(5,6)7/h8,10H,1,9H2,2-7H3. The lowest BCUT2D eigenvalue weighted by atomic mass is 10.4. The number of allylic oxidation sites excluding steroid dienone is 2. The zero-order chi connectivity index (χ0) is 10.7. The van der Waals surface area contributed by atoms with Gasteiger partial charge in [0.15, 0.2) is 0 Å². The van der Waals surface area contributed by atoms with Crippen molar-refractivity contribution in [2.45, 2.75) is 45.7 Å². The van der Waals surface area contributed by atoms with Gasteiger partial charge in [0.05, 0.1) is 16.1 Å². The van der Waals surface area contributed by atoms with E-state index in [0.29, 0.717) is 0 Å². The molecular weight excluding hydrogens is 188 g/mol. The molecule has 0 saturated carbocycles. The first kappa shape index (κ1) is 12.9. The molecule has 0 heterocycles. The van der Waals surface area contributed by atoms with Crippen LogP contribution in [0.3, 0.4) is 0 Å². The van der Waals surface area contributed by atoms with Crippen molar-refractivity contribution < 1.29 is 0 Å². The van der Waals surface area contributed by atoms with Crippen molar-refractivity contribution >= 4 is 16.1 Å². The summed E-state index contributed by atoms with van der Waals surface area (Å²) in [4.78, 5) is 1.79. The average Bonchev–Trinajstić information content (AvgIpc) is 1.81. The highest BCUT2D eigenvalue weighted by Crippen LogP contribution is 2.25. The quantitative estimate of drug-likeness (QED) is 0.483. The molecule has 0 aromatic carbocycles. The second-order valence-corrected chi connectivity index (χ2v) is 16.2. The van der Waals surface area contributed by atoms with Crippen molar-refractivity contribution in [2.24, 2.45) is 0 Å². The zero-order valence-corrected chi connectivity index (χ0v) is 12.1. The summed E-state index contributed by atoms with van der Waals surface area (Å²) in [6.45, 7) is 18.5. The lowest BCUT2D eigenvalue weighted by Gasteiger charge is -2.31. The molecule has 0 unspecified atom stereocenters. The van der Waals surface area contributed by atoms with Crippen LogP contribution in [0.25, 0.3) is 0 Å². The first-order valence-corrected chi connectivity index (χ1v) is 12.0. The van der Waals surface area contributed by atoms with E-state index in [1.165, 1.54) is 0 Å². The van der Waals surface area contributed by atoms with E-state index in [1.54, 1.807) is 4.82 Å². The van der Waals surface area contributed by atoms with E-state index in [-0.39, 0.29) is 0 Å². The third-order valence-electron chi connectivity index (χ3n) is 2.10. The molecule has 0 aliphatic carbocycles. The summed E-state index contributed by atoms with van der Waals surface area (Å²) in [5.74, 6) is 0. The molecule has 0 aromatic heterocycles. The Bertz CT molecular complexity index is 185. The topological polar surface area (TPSA) is 0 Å². The molecule has 0 atom stereocenters. The van der Waals surface area contributed by atoms with Crippen LogP contribution in [-0.2, 0) is 0 Å². The van der Waals surface area contributed by atoms with Gasteiger partial charge in [-0.1, -0.05) is 56.3 Å². The van der Waals surface area contributed by atoms with Gasteiger partial charge in [0.1, 0.15) is 0 Å². The third-order valence-corrected chi connectivity index (χ3v) is 10.2. The van der Waals surface area contributed by atoms with Crippen LogP contribution in [0.5, 0.6) is 0 Å². The van der Waals surface area contributed by atoms with Crippen molar-refractivity contribution in [2.75, 3.05) is 0 Å².